The van der Waals surface area contributed by atoms with E-state index in [-0.39, 0.29) is 24.5 Å². The van der Waals surface area contributed by atoms with Crippen LogP contribution in [0.2, 0.25) is 0 Å². The maximum absolute atomic E-state index is 12.2. The highest BCUT2D eigenvalue weighted by atomic mass is 16.7. The molecular weight excluding hydrogens is 270 g/mol. The van der Waals surface area contributed by atoms with Crippen molar-refractivity contribution in [1.82, 2.24) is 4.90 Å². The van der Waals surface area contributed by atoms with Crippen LogP contribution in [0.15, 0.2) is 0 Å². The van der Waals surface area contributed by atoms with Crippen molar-refractivity contribution >= 4 is 6.09 Å². The predicted octanol–water partition coefficient (Wildman–Crippen LogP) is 3.32. The van der Waals surface area contributed by atoms with Crippen LogP contribution in [-0.4, -0.2) is 48.2 Å². The molecule has 0 aliphatic carbocycles. The van der Waals surface area contributed by atoms with Crippen LogP contribution in [0, 0.1) is 0 Å². The third kappa shape index (κ3) is 5.15. The van der Waals surface area contributed by atoms with Gasteiger partial charge < -0.3 is 19.1 Å². The fraction of sp³-hybridized carbons (Fsp3) is 0.938. The Morgan fingerprint density at radius 3 is 2.57 bits per heavy atom. The van der Waals surface area contributed by atoms with Crippen LogP contribution in [0.5, 0.6) is 0 Å². The van der Waals surface area contributed by atoms with E-state index < -0.39 is 5.60 Å². The molecule has 5 heteroatoms. The van der Waals surface area contributed by atoms with Crippen molar-refractivity contribution in [3.8, 4) is 0 Å². The summed E-state index contributed by atoms with van der Waals surface area (Å²) in [6.07, 6.45) is 4.90. The van der Waals surface area contributed by atoms with Gasteiger partial charge in [0, 0.05) is 19.2 Å². The second-order valence-electron chi connectivity index (χ2n) is 7.10. The van der Waals surface area contributed by atoms with Gasteiger partial charge in [-0.05, 0) is 59.8 Å². The van der Waals surface area contributed by atoms with E-state index in [0.717, 1.165) is 32.3 Å². The Balaban J connectivity index is 1.79. The molecule has 1 amide bonds. The molecule has 122 valence electrons. The van der Waals surface area contributed by atoms with Crippen molar-refractivity contribution in [3.63, 3.8) is 0 Å². The topological polar surface area (TPSA) is 48.0 Å². The van der Waals surface area contributed by atoms with E-state index in [1.165, 1.54) is 6.42 Å². The molecule has 3 atom stereocenters. The third-order valence-electron chi connectivity index (χ3n) is 3.94. The molecule has 2 heterocycles. The first-order valence-electron chi connectivity index (χ1n) is 8.12. The summed E-state index contributed by atoms with van der Waals surface area (Å²) in [4.78, 5) is 14.0. The van der Waals surface area contributed by atoms with Gasteiger partial charge in [0.25, 0.3) is 0 Å². The fourth-order valence-corrected chi connectivity index (χ4v) is 2.88. The van der Waals surface area contributed by atoms with Crippen molar-refractivity contribution in [2.45, 2.75) is 83.8 Å². The highest BCUT2D eigenvalue weighted by Crippen LogP contribution is 2.25. The number of ether oxygens (including phenoxy) is 3. The van der Waals surface area contributed by atoms with Gasteiger partial charge in [-0.3, -0.25) is 0 Å². The third-order valence-corrected chi connectivity index (χ3v) is 3.94. The largest absolute Gasteiger partial charge is 0.444 e. The Morgan fingerprint density at radius 1 is 1.24 bits per heavy atom. The van der Waals surface area contributed by atoms with Crippen LogP contribution < -0.4 is 0 Å². The fourth-order valence-electron chi connectivity index (χ4n) is 2.88. The Morgan fingerprint density at radius 2 is 2.00 bits per heavy atom. The Hall–Kier alpha value is -0.810. The van der Waals surface area contributed by atoms with Crippen molar-refractivity contribution in [1.29, 1.82) is 0 Å². The van der Waals surface area contributed by atoms with Gasteiger partial charge in [0.2, 0.25) is 0 Å². The van der Waals surface area contributed by atoms with Gasteiger partial charge in [0.15, 0.2) is 6.29 Å². The molecule has 0 aromatic heterocycles. The number of piperidine rings is 1. The van der Waals surface area contributed by atoms with E-state index in [4.69, 9.17) is 14.2 Å². The molecule has 2 fully saturated rings. The molecule has 2 saturated heterocycles. The molecule has 0 aromatic rings. The van der Waals surface area contributed by atoms with Crippen LogP contribution in [-0.2, 0) is 14.2 Å². The predicted molar refractivity (Wildman–Crippen MR) is 80.1 cm³/mol. The minimum Gasteiger partial charge on any atom is -0.444 e. The smallest absolute Gasteiger partial charge is 0.410 e. The summed E-state index contributed by atoms with van der Waals surface area (Å²) in [7, 11) is 0. The van der Waals surface area contributed by atoms with Crippen LogP contribution in [0.4, 0.5) is 4.79 Å². The van der Waals surface area contributed by atoms with Gasteiger partial charge in [-0.1, -0.05) is 0 Å². The molecule has 1 unspecified atom stereocenters. The minimum absolute atomic E-state index is 0.0518. The SMILES string of the molecule is C[C@H]1C[C@@H](OC2CCCCO2)CCN1C(=O)OC(C)(C)C. The zero-order valence-electron chi connectivity index (χ0n) is 13.8. The van der Waals surface area contributed by atoms with Crippen molar-refractivity contribution < 1.29 is 19.0 Å². The second-order valence-corrected chi connectivity index (χ2v) is 7.10. The molecule has 0 aromatic carbocycles. The first-order chi connectivity index (χ1) is 9.85. The van der Waals surface area contributed by atoms with Gasteiger partial charge in [-0.15, -0.1) is 0 Å². The van der Waals surface area contributed by atoms with E-state index in [9.17, 15) is 4.79 Å². The number of likely N-dealkylation sites (tertiary alicyclic amines) is 1. The summed E-state index contributed by atoms with van der Waals surface area (Å²) in [6.45, 7) is 9.23. The molecule has 0 radical (unpaired) electrons. The van der Waals surface area contributed by atoms with Crippen molar-refractivity contribution in [2.24, 2.45) is 0 Å². The van der Waals surface area contributed by atoms with E-state index in [0.29, 0.717) is 6.54 Å². The molecular formula is C16H29NO4. The zero-order valence-corrected chi connectivity index (χ0v) is 13.8. The lowest BCUT2D eigenvalue weighted by Crippen LogP contribution is -2.49. The Labute approximate surface area is 127 Å². The number of amides is 1. The van der Waals surface area contributed by atoms with Gasteiger partial charge in [-0.2, -0.15) is 0 Å². The van der Waals surface area contributed by atoms with E-state index in [2.05, 4.69) is 6.92 Å². The first kappa shape index (κ1) is 16.6. The number of nitrogens with zero attached hydrogens (tertiary/aromatic N) is 1. The van der Waals surface area contributed by atoms with Crippen LogP contribution in [0.1, 0.15) is 59.8 Å². The lowest BCUT2D eigenvalue weighted by molar-refractivity contribution is -0.197. The first-order valence-corrected chi connectivity index (χ1v) is 8.12. The lowest BCUT2D eigenvalue weighted by Gasteiger charge is -2.39. The zero-order chi connectivity index (χ0) is 15.5. The molecule has 2 aliphatic heterocycles. The molecule has 21 heavy (non-hydrogen) atoms. The summed E-state index contributed by atoms with van der Waals surface area (Å²) in [5.41, 5.74) is -0.444. The molecule has 0 bridgehead atoms. The van der Waals surface area contributed by atoms with Crippen LogP contribution in [0.3, 0.4) is 0 Å². The quantitative estimate of drug-likeness (QED) is 0.785. The maximum atomic E-state index is 12.2. The number of hydrogen-bond donors (Lipinski definition) is 0. The molecule has 2 aliphatic rings. The molecule has 0 saturated carbocycles. The van der Waals surface area contributed by atoms with Gasteiger partial charge in [0.05, 0.1) is 6.10 Å². The molecule has 0 N–H and O–H groups in total. The summed E-state index contributed by atoms with van der Waals surface area (Å²) in [5, 5.41) is 0. The lowest BCUT2D eigenvalue weighted by atomic mass is 10.0. The summed E-state index contributed by atoms with van der Waals surface area (Å²) < 4.78 is 17.1. The standard InChI is InChI=1S/C16H29NO4/c1-12-11-13(20-14-7-5-6-10-19-14)8-9-17(12)15(18)21-16(2,3)4/h12-14H,5-11H2,1-4H3/t12-,13-,14?/m0/s1. The van der Waals surface area contributed by atoms with Crippen LogP contribution in [0.25, 0.3) is 0 Å². The molecule has 0 spiro atoms. The normalized spacial score (nSPS) is 31.0. The minimum atomic E-state index is -0.444. The van der Waals surface area contributed by atoms with Crippen molar-refractivity contribution in [3.05, 3.63) is 0 Å². The number of carbonyl (C=O) groups excluding carboxylic acids is 1. The number of hydrogen-bond acceptors (Lipinski definition) is 4. The van der Waals surface area contributed by atoms with E-state index >= 15 is 0 Å². The molecule has 5 nitrogen and oxygen atoms in total. The Bertz CT molecular complexity index is 347. The summed E-state index contributed by atoms with van der Waals surface area (Å²) in [5.74, 6) is 0. The van der Waals surface area contributed by atoms with E-state index in [1.807, 2.05) is 25.7 Å². The van der Waals surface area contributed by atoms with E-state index in [1.54, 1.807) is 0 Å². The highest BCUT2D eigenvalue weighted by Gasteiger charge is 2.33. The number of carbonyl (C=O) groups is 1. The number of rotatable bonds is 2. The second kappa shape index (κ2) is 6.97. The summed E-state index contributed by atoms with van der Waals surface area (Å²) >= 11 is 0. The van der Waals surface area contributed by atoms with Gasteiger partial charge in [-0.25, -0.2) is 4.79 Å². The van der Waals surface area contributed by atoms with Gasteiger partial charge in [0.1, 0.15) is 5.60 Å². The average molecular weight is 299 g/mol. The average Bonchev–Trinajstić information content (AvgIpc) is 2.37. The maximum Gasteiger partial charge on any atom is 0.410 e. The Kier molecular flexibility index (Phi) is 5.49. The van der Waals surface area contributed by atoms with Gasteiger partial charge >= 0.3 is 6.09 Å². The van der Waals surface area contributed by atoms with Crippen LogP contribution >= 0.6 is 0 Å². The molecule has 2 rings (SSSR count). The van der Waals surface area contributed by atoms with Crippen molar-refractivity contribution in [2.75, 3.05) is 13.2 Å². The highest BCUT2D eigenvalue weighted by molar-refractivity contribution is 5.68. The summed E-state index contributed by atoms with van der Waals surface area (Å²) in [6, 6.07) is 0.141. The monoisotopic (exact) mass is 299 g/mol.